The van der Waals surface area contributed by atoms with E-state index in [-0.39, 0.29) is 23.9 Å². The second-order valence-electron chi connectivity index (χ2n) is 6.99. The molecule has 0 aliphatic carbocycles. The summed E-state index contributed by atoms with van der Waals surface area (Å²) in [6, 6.07) is 11.2. The molecule has 2 N–H and O–H groups in total. The molecule has 7 nitrogen and oxygen atoms in total. The Morgan fingerprint density at radius 1 is 1.22 bits per heavy atom. The molecule has 1 aliphatic heterocycles. The average molecular weight is 369 g/mol. The Morgan fingerprint density at radius 3 is 2.74 bits per heavy atom. The Bertz CT molecular complexity index is 774. The molecule has 0 spiro atoms. The van der Waals surface area contributed by atoms with E-state index in [0.29, 0.717) is 18.9 Å². The first kappa shape index (κ1) is 18.9. The summed E-state index contributed by atoms with van der Waals surface area (Å²) >= 11 is 0. The summed E-state index contributed by atoms with van der Waals surface area (Å²) in [7, 11) is 0. The Balaban J connectivity index is 1.60. The number of nitrogens with one attached hydrogen (secondary N) is 2. The van der Waals surface area contributed by atoms with Gasteiger partial charge < -0.3 is 15.5 Å². The summed E-state index contributed by atoms with van der Waals surface area (Å²) < 4.78 is 1.83. The average Bonchev–Trinajstić information content (AvgIpc) is 3.16. The van der Waals surface area contributed by atoms with Crippen LogP contribution in [0, 0.1) is 5.92 Å². The number of likely N-dealkylation sites (tertiary alicyclic amines) is 1. The Morgan fingerprint density at radius 2 is 2.00 bits per heavy atom. The van der Waals surface area contributed by atoms with Crippen molar-refractivity contribution in [1.82, 2.24) is 14.7 Å². The van der Waals surface area contributed by atoms with Gasteiger partial charge in [-0.2, -0.15) is 5.10 Å². The molecule has 144 valence electrons. The summed E-state index contributed by atoms with van der Waals surface area (Å²) in [4.78, 5) is 27.0. The summed E-state index contributed by atoms with van der Waals surface area (Å²) in [5.41, 5.74) is 0.756. The predicted octanol–water partition coefficient (Wildman–Crippen LogP) is 3.74. The van der Waals surface area contributed by atoms with Crippen LogP contribution in [0.15, 0.2) is 42.6 Å². The molecule has 1 aliphatic rings. The van der Waals surface area contributed by atoms with Gasteiger partial charge in [0.15, 0.2) is 0 Å². The minimum absolute atomic E-state index is 0.0581. The largest absolute Gasteiger partial charge is 0.324 e. The van der Waals surface area contributed by atoms with Crippen molar-refractivity contribution in [1.29, 1.82) is 0 Å². The number of carbonyl (C=O) groups is 2. The van der Waals surface area contributed by atoms with E-state index in [9.17, 15) is 9.59 Å². The highest BCUT2D eigenvalue weighted by Crippen LogP contribution is 2.21. The number of nitrogens with zero attached hydrogens (tertiary/aromatic N) is 3. The summed E-state index contributed by atoms with van der Waals surface area (Å²) in [6.07, 6.45) is 4.22. The van der Waals surface area contributed by atoms with Crippen LogP contribution in [0.2, 0.25) is 0 Å². The molecule has 0 saturated carbocycles. The Kier molecular flexibility index (Phi) is 6.11. The first-order chi connectivity index (χ1) is 13.1. The van der Waals surface area contributed by atoms with Crippen LogP contribution < -0.4 is 10.6 Å². The van der Waals surface area contributed by atoms with Crippen LogP contribution in [-0.2, 0) is 4.79 Å². The van der Waals surface area contributed by atoms with Crippen molar-refractivity contribution >= 4 is 23.4 Å². The summed E-state index contributed by atoms with van der Waals surface area (Å²) in [6.45, 7) is 5.23. The van der Waals surface area contributed by atoms with E-state index in [1.54, 1.807) is 11.1 Å². The lowest BCUT2D eigenvalue weighted by atomic mass is 9.97. The molecule has 2 aromatic rings. The van der Waals surface area contributed by atoms with Gasteiger partial charge in [-0.3, -0.25) is 4.79 Å². The van der Waals surface area contributed by atoms with Crippen molar-refractivity contribution in [3.63, 3.8) is 0 Å². The zero-order valence-corrected chi connectivity index (χ0v) is 15.9. The van der Waals surface area contributed by atoms with E-state index in [4.69, 9.17) is 0 Å². The molecule has 1 saturated heterocycles. The second-order valence-corrected chi connectivity index (χ2v) is 6.99. The molecule has 7 heteroatoms. The fraction of sp³-hybridized carbons (Fsp3) is 0.450. The van der Waals surface area contributed by atoms with E-state index in [2.05, 4.69) is 29.6 Å². The van der Waals surface area contributed by atoms with Crippen molar-refractivity contribution in [2.24, 2.45) is 5.92 Å². The van der Waals surface area contributed by atoms with Crippen LogP contribution in [0.5, 0.6) is 0 Å². The standard InChI is InChI=1S/C20H27N5O2/c1-3-15(2)25-18(11-12-21-25)23-19(26)16-8-7-13-24(14-16)20(27)22-17-9-5-4-6-10-17/h4-6,9-12,15-16H,3,7-8,13-14H2,1-2H3,(H,22,27)(H,23,26). The molecular formula is C20H27N5O2. The van der Waals surface area contributed by atoms with Gasteiger partial charge in [-0.05, 0) is 38.3 Å². The van der Waals surface area contributed by atoms with Crippen LogP contribution in [-0.4, -0.2) is 39.7 Å². The molecule has 2 heterocycles. The predicted molar refractivity (Wildman–Crippen MR) is 106 cm³/mol. The van der Waals surface area contributed by atoms with Crippen molar-refractivity contribution in [3.8, 4) is 0 Å². The van der Waals surface area contributed by atoms with Gasteiger partial charge >= 0.3 is 6.03 Å². The number of amides is 3. The number of hydrogen-bond donors (Lipinski definition) is 2. The van der Waals surface area contributed by atoms with Crippen molar-refractivity contribution in [3.05, 3.63) is 42.6 Å². The van der Waals surface area contributed by atoms with Gasteiger partial charge in [0.05, 0.1) is 18.2 Å². The SMILES string of the molecule is CCC(C)n1nccc1NC(=O)C1CCCN(C(=O)Nc2ccccc2)C1. The molecule has 1 aromatic heterocycles. The van der Waals surface area contributed by atoms with Crippen molar-refractivity contribution in [2.45, 2.75) is 39.2 Å². The van der Waals surface area contributed by atoms with Gasteiger partial charge in [0, 0.05) is 24.8 Å². The van der Waals surface area contributed by atoms with Gasteiger partial charge in [-0.1, -0.05) is 25.1 Å². The smallest absolute Gasteiger partial charge is 0.321 e. The van der Waals surface area contributed by atoms with E-state index in [1.165, 1.54) is 0 Å². The summed E-state index contributed by atoms with van der Waals surface area (Å²) in [5.74, 6) is 0.429. The highest BCUT2D eigenvalue weighted by Gasteiger charge is 2.29. The first-order valence-electron chi connectivity index (χ1n) is 9.53. The van der Waals surface area contributed by atoms with E-state index < -0.39 is 0 Å². The number of rotatable bonds is 5. The van der Waals surface area contributed by atoms with Gasteiger partial charge in [0.2, 0.25) is 5.91 Å². The maximum atomic E-state index is 12.7. The van der Waals surface area contributed by atoms with E-state index in [0.717, 1.165) is 24.9 Å². The fourth-order valence-corrected chi connectivity index (χ4v) is 3.27. The minimum Gasteiger partial charge on any atom is -0.324 e. The van der Waals surface area contributed by atoms with Gasteiger partial charge in [0.25, 0.3) is 0 Å². The second kappa shape index (κ2) is 8.70. The lowest BCUT2D eigenvalue weighted by Gasteiger charge is -2.32. The summed E-state index contributed by atoms with van der Waals surface area (Å²) in [5, 5.41) is 10.2. The third kappa shape index (κ3) is 4.67. The molecule has 3 rings (SSSR count). The van der Waals surface area contributed by atoms with Crippen LogP contribution in [0.4, 0.5) is 16.3 Å². The highest BCUT2D eigenvalue weighted by atomic mass is 16.2. The quantitative estimate of drug-likeness (QED) is 0.843. The van der Waals surface area contributed by atoms with E-state index in [1.807, 2.05) is 41.1 Å². The van der Waals surface area contributed by atoms with Crippen LogP contribution in [0.3, 0.4) is 0 Å². The number of benzene rings is 1. The molecule has 0 radical (unpaired) electrons. The minimum atomic E-state index is -0.222. The number of carbonyl (C=O) groups excluding carboxylic acids is 2. The molecule has 2 atom stereocenters. The number of piperidine rings is 1. The topological polar surface area (TPSA) is 79.3 Å². The Hall–Kier alpha value is -2.83. The van der Waals surface area contributed by atoms with Crippen molar-refractivity contribution in [2.75, 3.05) is 23.7 Å². The first-order valence-corrected chi connectivity index (χ1v) is 9.53. The number of urea groups is 1. The third-order valence-corrected chi connectivity index (χ3v) is 5.03. The van der Waals surface area contributed by atoms with Gasteiger partial charge in [-0.15, -0.1) is 0 Å². The Labute approximate surface area is 159 Å². The number of anilines is 2. The molecule has 3 amide bonds. The number of aromatic nitrogens is 2. The number of hydrogen-bond acceptors (Lipinski definition) is 3. The molecule has 2 unspecified atom stereocenters. The van der Waals surface area contributed by atoms with Crippen LogP contribution in [0.25, 0.3) is 0 Å². The van der Waals surface area contributed by atoms with E-state index >= 15 is 0 Å². The molecule has 0 bridgehead atoms. The normalized spacial score (nSPS) is 18.0. The third-order valence-electron chi connectivity index (χ3n) is 5.03. The lowest BCUT2D eigenvalue weighted by molar-refractivity contribution is -0.121. The monoisotopic (exact) mass is 369 g/mol. The fourth-order valence-electron chi connectivity index (χ4n) is 3.27. The molecule has 1 aromatic carbocycles. The maximum absolute atomic E-state index is 12.7. The van der Waals surface area contributed by atoms with Crippen LogP contribution >= 0.6 is 0 Å². The number of para-hydroxylation sites is 1. The highest BCUT2D eigenvalue weighted by molar-refractivity contribution is 5.93. The zero-order valence-electron chi connectivity index (χ0n) is 15.9. The van der Waals surface area contributed by atoms with Crippen LogP contribution in [0.1, 0.15) is 39.2 Å². The van der Waals surface area contributed by atoms with Gasteiger partial charge in [-0.25, -0.2) is 9.48 Å². The molecule has 1 fully saturated rings. The molecular weight excluding hydrogens is 342 g/mol. The lowest BCUT2D eigenvalue weighted by Crippen LogP contribution is -2.45. The van der Waals surface area contributed by atoms with Gasteiger partial charge in [0.1, 0.15) is 5.82 Å². The van der Waals surface area contributed by atoms with Crippen molar-refractivity contribution < 1.29 is 9.59 Å². The zero-order chi connectivity index (χ0) is 19.2. The maximum Gasteiger partial charge on any atom is 0.321 e. The molecule has 27 heavy (non-hydrogen) atoms.